The minimum Gasteiger partial charge on any atom is -0.466 e. The monoisotopic (exact) mass is 312 g/mol. The maximum atomic E-state index is 12.6. The van der Waals surface area contributed by atoms with Gasteiger partial charge in [0.15, 0.2) is 0 Å². The van der Waals surface area contributed by atoms with Crippen molar-refractivity contribution in [2.24, 2.45) is 0 Å². The molecule has 0 radical (unpaired) electrons. The number of nitrogens with zero attached hydrogens (tertiary/aromatic N) is 1. The van der Waals surface area contributed by atoms with E-state index in [1.807, 2.05) is 36.4 Å². The Kier molecular flexibility index (Phi) is 4.46. The topological polar surface area (TPSA) is 58.6 Å². The summed E-state index contributed by atoms with van der Waals surface area (Å²) in [4.78, 5) is 26.3. The number of carbonyl (C=O) groups excluding carboxylic acids is 2. The average molecular weight is 312 g/mol. The van der Waals surface area contributed by atoms with Crippen molar-refractivity contribution in [2.75, 3.05) is 20.2 Å². The molecular formula is C18H20N2O3. The van der Waals surface area contributed by atoms with E-state index in [-0.39, 0.29) is 11.9 Å². The highest BCUT2D eigenvalue weighted by Gasteiger charge is 2.30. The highest BCUT2D eigenvalue weighted by Crippen LogP contribution is 2.24. The number of ether oxygens (including phenoxy) is 1. The zero-order chi connectivity index (χ0) is 16.2. The number of benzene rings is 1. The van der Waals surface area contributed by atoms with Crippen molar-refractivity contribution in [3.05, 3.63) is 58.8 Å². The first-order chi connectivity index (χ1) is 11.2. The van der Waals surface area contributed by atoms with E-state index in [1.165, 1.54) is 7.11 Å². The number of amides is 1. The summed E-state index contributed by atoms with van der Waals surface area (Å²) in [5.41, 5.74) is 3.21. The summed E-state index contributed by atoms with van der Waals surface area (Å²) in [5.74, 6) is -0.320. The van der Waals surface area contributed by atoms with Crippen molar-refractivity contribution in [3.63, 3.8) is 0 Å². The quantitative estimate of drug-likeness (QED) is 0.864. The number of methoxy groups -OCH3 is 1. The molecule has 0 atom stereocenters. The van der Waals surface area contributed by atoms with Gasteiger partial charge in [0, 0.05) is 30.8 Å². The Morgan fingerprint density at radius 1 is 1.30 bits per heavy atom. The SMILES string of the molecule is COC(=O)/C1=C/C2=C(NCCC1)C(=O)N(Cc1ccccc1)C2. The van der Waals surface area contributed by atoms with Crippen LogP contribution in [0.3, 0.4) is 0 Å². The predicted molar refractivity (Wildman–Crippen MR) is 86.2 cm³/mol. The van der Waals surface area contributed by atoms with E-state index in [1.54, 1.807) is 4.90 Å². The molecule has 5 heteroatoms. The summed E-state index contributed by atoms with van der Waals surface area (Å²) in [5, 5.41) is 3.22. The lowest BCUT2D eigenvalue weighted by Crippen LogP contribution is -2.30. The Morgan fingerprint density at radius 3 is 2.83 bits per heavy atom. The fourth-order valence-electron chi connectivity index (χ4n) is 2.96. The van der Waals surface area contributed by atoms with E-state index >= 15 is 0 Å². The molecule has 0 unspecified atom stereocenters. The molecule has 1 amide bonds. The van der Waals surface area contributed by atoms with Gasteiger partial charge in [0.05, 0.1) is 7.11 Å². The molecule has 0 aromatic heterocycles. The Labute approximate surface area is 135 Å². The van der Waals surface area contributed by atoms with Gasteiger partial charge in [-0.15, -0.1) is 0 Å². The highest BCUT2D eigenvalue weighted by atomic mass is 16.5. The molecule has 5 nitrogen and oxygen atoms in total. The Bertz CT molecular complexity index is 677. The van der Waals surface area contributed by atoms with Gasteiger partial charge in [-0.1, -0.05) is 30.3 Å². The Hall–Kier alpha value is -2.56. The third-order valence-electron chi connectivity index (χ3n) is 4.12. The first-order valence-electron chi connectivity index (χ1n) is 7.78. The largest absolute Gasteiger partial charge is 0.466 e. The van der Waals surface area contributed by atoms with Crippen LogP contribution in [-0.2, 0) is 20.9 Å². The van der Waals surface area contributed by atoms with Crippen molar-refractivity contribution in [2.45, 2.75) is 19.4 Å². The Balaban J connectivity index is 1.83. The molecule has 0 saturated heterocycles. The van der Waals surface area contributed by atoms with Gasteiger partial charge in [-0.3, -0.25) is 4.79 Å². The van der Waals surface area contributed by atoms with Crippen LogP contribution in [0.4, 0.5) is 0 Å². The lowest BCUT2D eigenvalue weighted by molar-refractivity contribution is -0.136. The lowest BCUT2D eigenvalue weighted by atomic mass is 10.0. The third kappa shape index (κ3) is 3.28. The van der Waals surface area contributed by atoms with Crippen LogP contribution >= 0.6 is 0 Å². The average Bonchev–Trinajstić information content (AvgIpc) is 2.82. The fourth-order valence-corrected chi connectivity index (χ4v) is 2.96. The summed E-state index contributed by atoms with van der Waals surface area (Å²) in [6.45, 7) is 1.75. The van der Waals surface area contributed by atoms with E-state index in [4.69, 9.17) is 4.74 Å². The van der Waals surface area contributed by atoms with Crippen molar-refractivity contribution in [1.82, 2.24) is 10.2 Å². The van der Waals surface area contributed by atoms with Gasteiger partial charge < -0.3 is 15.0 Å². The van der Waals surface area contributed by atoms with Gasteiger partial charge in [0.25, 0.3) is 5.91 Å². The zero-order valence-corrected chi connectivity index (χ0v) is 13.2. The predicted octanol–water partition coefficient (Wildman–Crippen LogP) is 1.77. The number of rotatable bonds is 3. The Morgan fingerprint density at radius 2 is 2.09 bits per heavy atom. The number of hydrogen-bond acceptors (Lipinski definition) is 4. The smallest absolute Gasteiger partial charge is 0.333 e. The van der Waals surface area contributed by atoms with Crippen LogP contribution in [-0.4, -0.2) is 37.0 Å². The van der Waals surface area contributed by atoms with Crippen LogP contribution < -0.4 is 5.32 Å². The highest BCUT2D eigenvalue weighted by molar-refractivity contribution is 5.98. The number of esters is 1. The summed E-state index contributed by atoms with van der Waals surface area (Å²) in [6, 6.07) is 9.90. The molecule has 1 aromatic rings. The molecular weight excluding hydrogens is 292 g/mol. The normalized spacial score (nSPS) is 20.1. The number of carbonyl (C=O) groups is 2. The van der Waals surface area contributed by atoms with Crippen molar-refractivity contribution >= 4 is 11.9 Å². The standard InChI is InChI=1S/C18H20N2O3/c1-23-18(22)14-8-5-9-19-16-15(10-14)12-20(17(16)21)11-13-6-3-2-4-7-13/h2-4,6-7,10,19H,5,8-9,11-12H2,1H3/b14-10+. The van der Waals surface area contributed by atoms with E-state index in [2.05, 4.69) is 5.32 Å². The summed E-state index contributed by atoms with van der Waals surface area (Å²) >= 11 is 0. The van der Waals surface area contributed by atoms with E-state index < -0.39 is 0 Å². The second-order valence-corrected chi connectivity index (χ2v) is 5.74. The van der Waals surface area contributed by atoms with Crippen molar-refractivity contribution in [1.29, 1.82) is 0 Å². The first-order valence-corrected chi connectivity index (χ1v) is 7.78. The number of nitrogens with one attached hydrogen (secondary N) is 1. The van der Waals surface area contributed by atoms with Crippen LogP contribution in [0.5, 0.6) is 0 Å². The minimum atomic E-state index is -0.312. The van der Waals surface area contributed by atoms with Crippen LogP contribution in [0.15, 0.2) is 53.3 Å². The molecule has 0 aliphatic carbocycles. The zero-order valence-electron chi connectivity index (χ0n) is 13.2. The second kappa shape index (κ2) is 6.69. The minimum absolute atomic E-state index is 0.00813. The molecule has 0 spiro atoms. The summed E-state index contributed by atoms with van der Waals surface area (Å²) in [7, 11) is 1.39. The second-order valence-electron chi connectivity index (χ2n) is 5.74. The maximum Gasteiger partial charge on any atom is 0.333 e. The molecule has 3 rings (SSSR count). The van der Waals surface area contributed by atoms with E-state index in [9.17, 15) is 9.59 Å². The van der Waals surface area contributed by atoms with Gasteiger partial charge in [-0.25, -0.2) is 4.79 Å². The molecule has 1 N–H and O–H groups in total. The van der Waals surface area contributed by atoms with Gasteiger partial charge in [0.1, 0.15) is 5.70 Å². The molecule has 23 heavy (non-hydrogen) atoms. The molecule has 120 valence electrons. The molecule has 0 saturated carbocycles. The van der Waals surface area contributed by atoms with E-state index in [0.29, 0.717) is 37.3 Å². The summed E-state index contributed by atoms with van der Waals surface area (Å²) in [6.07, 6.45) is 3.27. The van der Waals surface area contributed by atoms with Crippen LogP contribution in [0.1, 0.15) is 18.4 Å². The molecule has 2 heterocycles. The van der Waals surface area contributed by atoms with Gasteiger partial charge in [-0.2, -0.15) is 0 Å². The molecule has 2 aliphatic heterocycles. The third-order valence-corrected chi connectivity index (χ3v) is 4.12. The maximum absolute atomic E-state index is 12.6. The molecule has 2 aliphatic rings. The van der Waals surface area contributed by atoms with Crippen LogP contribution in [0, 0.1) is 0 Å². The number of hydrogen-bond donors (Lipinski definition) is 1. The summed E-state index contributed by atoms with van der Waals surface area (Å²) < 4.78 is 4.84. The van der Waals surface area contributed by atoms with Gasteiger partial charge in [0.2, 0.25) is 0 Å². The first kappa shape index (κ1) is 15.3. The lowest BCUT2D eigenvalue weighted by Gasteiger charge is -2.16. The fraction of sp³-hybridized carbons (Fsp3) is 0.333. The van der Waals surface area contributed by atoms with Crippen molar-refractivity contribution < 1.29 is 14.3 Å². The van der Waals surface area contributed by atoms with Gasteiger partial charge in [-0.05, 0) is 24.5 Å². The molecule has 0 bridgehead atoms. The van der Waals surface area contributed by atoms with Crippen LogP contribution in [0.25, 0.3) is 0 Å². The van der Waals surface area contributed by atoms with Crippen LogP contribution in [0.2, 0.25) is 0 Å². The van der Waals surface area contributed by atoms with Crippen molar-refractivity contribution in [3.8, 4) is 0 Å². The van der Waals surface area contributed by atoms with Gasteiger partial charge >= 0.3 is 5.97 Å². The van der Waals surface area contributed by atoms with E-state index in [0.717, 1.165) is 17.6 Å². The molecule has 0 fully saturated rings. The molecule has 1 aromatic carbocycles.